The van der Waals surface area contributed by atoms with Crippen LogP contribution in [0.15, 0.2) is 91.0 Å². The van der Waals surface area contributed by atoms with Crippen molar-refractivity contribution in [3.8, 4) is 0 Å². The summed E-state index contributed by atoms with van der Waals surface area (Å²) in [6.07, 6.45) is -0.351. The Bertz CT molecular complexity index is 1440. The fourth-order valence-corrected chi connectivity index (χ4v) is 5.47. The fourth-order valence-electron chi connectivity index (χ4n) is 5.47. The first-order chi connectivity index (χ1) is 22.1. The van der Waals surface area contributed by atoms with Gasteiger partial charge in [-0.1, -0.05) is 91.0 Å². The third-order valence-corrected chi connectivity index (χ3v) is 7.79. The first kappa shape index (κ1) is 34.5. The van der Waals surface area contributed by atoms with E-state index in [2.05, 4.69) is 10.8 Å². The van der Waals surface area contributed by atoms with Gasteiger partial charge in [-0.2, -0.15) is 4.79 Å². The second-order valence-corrected chi connectivity index (χ2v) is 12.4. The van der Waals surface area contributed by atoms with Gasteiger partial charge in [-0.15, -0.1) is 4.48 Å². The van der Waals surface area contributed by atoms with Gasteiger partial charge in [0.1, 0.15) is 18.8 Å². The quantitative estimate of drug-likeness (QED) is 0.165. The highest BCUT2D eigenvalue weighted by Crippen LogP contribution is 2.30. The van der Waals surface area contributed by atoms with Gasteiger partial charge in [-0.05, 0) is 50.3 Å². The summed E-state index contributed by atoms with van der Waals surface area (Å²) in [6.45, 7) is 5.53. The Morgan fingerprint density at radius 2 is 1.41 bits per heavy atom. The maximum absolute atomic E-state index is 14.8. The lowest BCUT2D eigenvalue weighted by Crippen LogP contribution is -2.74. The Labute approximate surface area is 270 Å². The predicted molar refractivity (Wildman–Crippen MR) is 172 cm³/mol. The van der Waals surface area contributed by atoms with Gasteiger partial charge < -0.3 is 14.8 Å². The molecule has 2 N–H and O–H groups in total. The van der Waals surface area contributed by atoms with Crippen LogP contribution in [0.3, 0.4) is 0 Å². The molecule has 3 aromatic rings. The number of rotatable bonds is 12. The minimum absolute atomic E-state index is 0.0166. The van der Waals surface area contributed by atoms with Gasteiger partial charge in [-0.25, -0.2) is 15.1 Å². The van der Waals surface area contributed by atoms with Crippen molar-refractivity contribution in [2.45, 2.75) is 64.9 Å². The first-order valence-electron chi connectivity index (χ1n) is 15.6. The summed E-state index contributed by atoms with van der Waals surface area (Å²) in [5, 5.41) is 3.15. The van der Waals surface area contributed by atoms with Gasteiger partial charge in [-0.3, -0.25) is 9.63 Å². The van der Waals surface area contributed by atoms with E-state index < -0.39 is 45.9 Å². The molecule has 3 aromatic carbocycles. The van der Waals surface area contributed by atoms with E-state index in [0.717, 1.165) is 16.7 Å². The second-order valence-electron chi connectivity index (χ2n) is 12.4. The molecule has 3 amide bonds. The number of benzene rings is 3. The van der Waals surface area contributed by atoms with Crippen molar-refractivity contribution in [2.24, 2.45) is 5.92 Å². The highest BCUT2D eigenvalue weighted by molar-refractivity contribution is 5.90. The lowest BCUT2D eigenvalue weighted by Gasteiger charge is -2.42. The minimum atomic E-state index is -1.21. The van der Waals surface area contributed by atoms with Crippen LogP contribution in [-0.2, 0) is 48.3 Å². The third kappa shape index (κ3) is 9.56. The van der Waals surface area contributed by atoms with E-state index in [4.69, 9.17) is 14.3 Å². The normalized spacial score (nSPS) is 18.6. The molecule has 1 unspecified atom stereocenters. The summed E-state index contributed by atoms with van der Waals surface area (Å²) >= 11 is 0. The average molecular weight is 631 g/mol. The molecule has 0 saturated carbocycles. The molecular weight excluding hydrogens is 586 g/mol. The number of nitrogens with zero attached hydrogens (tertiary/aromatic N) is 1. The van der Waals surface area contributed by atoms with E-state index in [9.17, 15) is 19.2 Å². The summed E-state index contributed by atoms with van der Waals surface area (Å²) in [4.78, 5) is 61.3. The topological polar surface area (TPSA) is 120 Å². The summed E-state index contributed by atoms with van der Waals surface area (Å²) in [5.74, 6) is -2.71. The zero-order valence-corrected chi connectivity index (χ0v) is 26.8. The van der Waals surface area contributed by atoms with E-state index in [1.165, 1.54) is 0 Å². The Balaban J connectivity index is 1.62. The van der Waals surface area contributed by atoms with Gasteiger partial charge >= 0.3 is 18.0 Å². The molecule has 1 fully saturated rings. The number of carbonyl (C=O) groups excluding carboxylic acids is 4. The average Bonchev–Trinajstić information content (AvgIpc) is 3.05. The number of ether oxygens (including phenoxy) is 2. The second kappa shape index (κ2) is 16.3. The predicted octanol–water partition coefficient (Wildman–Crippen LogP) is 4.87. The molecule has 244 valence electrons. The maximum Gasteiger partial charge on any atom is 0.524 e. The number of hydroxylamine groups is 1. The van der Waals surface area contributed by atoms with Crippen LogP contribution in [-0.4, -0.2) is 59.6 Å². The van der Waals surface area contributed by atoms with Crippen molar-refractivity contribution in [1.29, 1.82) is 0 Å². The van der Waals surface area contributed by atoms with Gasteiger partial charge in [0.25, 0.3) is 0 Å². The first-order valence-corrected chi connectivity index (χ1v) is 15.6. The number of hydrogen-bond donors (Lipinski definition) is 2. The Morgan fingerprint density at radius 1 is 0.848 bits per heavy atom. The van der Waals surface area contributed by atoms with E-state index in [1.54, 1.807) is 20.8 Å². The summed E-state index contributed by atoms with van der Waals surface area (Å²) in [7, 11) is 0. The Morgan fingerprint density at radius 3 is 2.00 bits per heavy atom. The van der Waals surface area contributed by atoms with Crippen LogP contribution in [0.5, 0.6) is 0 Å². The number of imide groups is 1. The van der Waals surface area contributed by atoms with Crippen molar-refractivity contribution in [3.63, 3.8) is 0 Å². The number of nitrogens with one attached hydrogen (secondary N) is 2. The minimum Gasteiger partial charge on any atom is -0.456 e. The standard InChI is InChI=1S/C36H43N3O7/c1-36(2,3)46-35(43)39(22-21-37-24-31(39)34(42)44-25-28-15-9-5-10-16-28)33(41)30(20-19-27-13-7-4-8-14-27)23-32(40)38-45-26-29-17-11-6-12-18-29/h4-18,30-31,37H,19-26H2,1-3H3/p+1/t30-,31?,39+/m1/s1. The number of amides is 3. The summed E-state index contributed by atoms with van der Waals surface area (Å²) < 4.78 is 10.6. The molecule has 10 heteroatoms. The van der Waals surface area contributed by atoms with Crippen LogP contribution < -0.4 is 10.8 Å². The molecule has 46 heavy (non-hydrogen) atoms. The number of carbonyl (C=O) groups is 4. The number of quaternary nitrogens is 1. The van der Waals surface area contributed by atoms with Crippen LogP contribution in [0.4, 0.5) is 4.79 Å². The molecule has 0 spiro atoms. The lowest BCUT2D eigenvalue weighted by atomic mass is 9.92. The van der Waals surface area contributed by atoms with Crippen molar-refractivity contribution in [3.05, 3.63) is 108 Å². The molecule has 4 rings (SSSR count). The number of aryl methyl sites for hydroxylation is 1. The molecule has 0 bridgehead atoms. The largest absolute Gasteiger partial charge is 0.524 e. The molecule has 10 nitrogen and oxygen atoms in total. The van der Waals surface area contributed by atoms with Crippen LogP contribution in [0.2, 0.25) is 0 Å². The summed E-state index contributed by atoms with van der Waals surface area (Å²) in [5.41, 5.74) is 4.13. The molecule has 1 saturated heterocycles. The zero-order chi connectivity index (χ0) is 33.0. The van der Waals surface area contributed by atoms with Crippen LogP contribution >= 0.6 is 0 Å². The van der Waals surface area contributed by atoms with Crippen LogP contribution in [0.25, 0.3) is 0 Å². The third-order valence-electron chi connectivity index (χ3n) is 7.79. The Hall–Kier alpha value is -4.38. The zero-order valence-electron chi connectivity index (χ0n) is 26.8. The number of esters is 1. The van der Waals surface area contributed by atoms with E-state index >= 15 is 0 Å². The SMILES string of the molecule is CC(C)(C)OC(=O)[N@@+]1(C(=O)[C@H](CCc2ccccc2)CC(=O)NOCc2ccccc2)CCNCC1C(=O)OCc1ccccc1. The van der Waals surface area contributed by atoms with Crippen LogP contribution in [0.1, 0.15) is 50.3 Å². The fraction of sp³-hybridized carbons (Fsp3) is 0.389. The lowest BCUT2D eigenvalue weighted by molar-refractivity contribution is -0.806. The van der Waals surface area contributed by atoms with Gasteiger partial charge in [0.15, 0.2) is 0 Å². The molecule has 1 aliphatic rings. The highest BCUT2D eigenvalue weighted by atomic mass is 16.6. The number of hydrogen-bond acceptors (Lipinski definition) is 8. The molecule has 1 heterocycles. The van der Waals surface area contributed by atoms with Crippen molar-refractivity contribution >= 4 is 23.9 Å². The molecule has 3 atom stereocenters. The van der Waals surface area contributed by atoms with Gasteiger partial charge in [0.2, 0.25) is 11.9 Å². The summed E-state index contributed by atoms with van der Waals surface area (Å²) in [6, 6.07) is 26.9. The van der Waals surface area contributed by atoms with Crippen LogP contribution in [0, 0.1) is 5.92 Å². The molecule has 1 aliphatic heterocycles. The number of piperazine rings is 1. The highest BCUT2D eigenvalue weighted by Gasteiger charge is 2.60. The van der Waals surface area contributed by atoms with E-state index in [-0.39, 0.29) is 45.7 Å². The smallest absolute Gasteiger partial charge is 0.456 e. The van der Waals surface area contributed by atoms with Crippen molar-refractivity contribution in [1.82, 2.24) is 10.8 Å². The molecule has 0 aromatic heterocycles. The van der Waals surface area contributed by atoms with Crippen molar-refractivity contribution in [2.75, 3.05) is 19.6 Å². The molecule has 0 aliphatic carbocycles. The van der Waals surface area contributed by atoms with Gasteiger partial charge in [0.05, 0.1) is 19.1 Å². The van der Waals surface area contributed by atoms with Crippen molar-refractivity contribution < 1.29 is 38.0 Å². The molecular formula is C36H44N3O7+. The van der Waals surface area contributed by atoms with Gasteiger partial charge in [0, 0.05) is 13.0 Å². The molecule has 0 radical (unpaired) electrons. The van der Waals surface area contributed by atoms with E-state index in [1.807, 2.05) is 91.0 Å². The monoisotopic (exact) mass is 630 g/mol. The van der Waals surface area contributed by atoms with E-state index in [0.29, 0.717) is 6.42 Å². The Kier molecular flexibility index (Phi) is 12.2. The maximum atomic E-state index is 14.8.